The molecule has 0 saturated carbocycles. The summed E-state index contributed by atoms with van der Waals surface area (Å²) in [5.41, 5.74) is 0.426. The van der Waals surface area contributed by atoms with Crippen molar-refractivity contribution in [1.29, 1.82) is 0 Å². The molecule has 0 spiro atoms. The highest BCUT2D eigenvalue weighted by atomic mass is 16.6. The lowest BCUT2D eigenvalue weighted by molar-refractivity contribution is -0.429. The molecule has 2 radical (unpaired) electrons. The monoisotopic (exact) mass is 207 g/mol. The first-order valence-corrected chi connectivity index (χ1v) is 4.49. The number of hydrogen-bond acceptors (Lipinski definition) is 4. The second-order valence-electron chi connectivity index (χ2n) is 3.16. The van der Waals surface area contributed by atoms with Crippen molar-refractivity contribution in [2.24, 2.45) is 0 Å². The molecule has 1 unspecified atom stereocenters. The predicted octanol–water partition coefficient (Wildman–Crippen LogP) is 1.13. The van der Waals surface area contributed by atoms with Crippen LogP contribution < -0.4 is 4.74 Å². The van der Waals surface area contributed by atoms with Gasteiger partial charge in [-0.05, 0) is 24.3 Å². The average Bonchev–Trinajstić information content (AvgIpc) is 2.99. The van der Waals surface area contributed by atoms with Gasteiger partial charge >= 0.3 is 6.54 Å². The average molecular weight is 207 g/mol. The van der Waals surface area contributed by atoms with E-state index in [1.165, 1.54) is 0 Å². The van der Waals surface area contributed by atoms with E-state index in [9.17, 15) is 10.1 Å². The Morgan fingerprint density at radius 1 is 1.53 bits per heavy atom. The molecule has 5 nitrogen and oxygen atoms in total. The quantitative estimate of drug-likeness (QED) is 0.314. The van der Waals surface area contributed by atoms with Crippen LogP contribution in [0.3, 0.4) is 0 Å². The molecule has 1 atom stereocenters. The second kappa shape index (κ2) is 4.27. The molecule has 78 valence electrons. The number of ether oxygens (including phenoxy) is 2. The fourth-order valence-corrected chi connectivity index (χ4v) is 1.08. The maximum Gasteiger partial charge on any atom is 0.408 e. The van der Waals surface area contributed by atoms with Gasteiger partial charge in [0, 0.05) is 10.5 Å². The van der Waals surface area contributed by atoms with Crippen LogP contribution in [-0.4, -0.2) is 24.2 Å². The van der Waals surface area contributed by atoms with E-state index in [4.69, 9.17) is 9.47 Å². The summed E-state index contributed by atoms with van der Waals surface area (Å²) in [6, 6.07) is 6.53. The van der Waals surface area contributed by atoms with Crippen LogP contribution in [0.25, 0.3) is 0 Å². The van der Waals surface area contributed by atoms with Gasteiger partial charge in [-0.3, -0.25) is 10.1 Å². The predicted molar refractivity (Wildman–Crippen MR) is 51.0 cm³/mol. The van der Waals surface area contributed by atoms with Crippen molar-refractivity contribution in [3.63, 3.8) is 0 Å². The van der Waals surface area contributed by atoms with Crippen molar-refractivity contribution in [2.75, 3.05) is 13.2 Å². The fourth-order valence-electron chi connectivity index (χ4n) is 1.08. The zero-order valence-corrected chi connectivity index (χ0v) is 7.88. The van der Waals surface area contributed by atoms with Gasteiger partial charge < -0.3 is 9.47 Å². The van der Waals surface area contributed by atoms with E-state index >= 15 is 0 Å². The maximum absolute atomic E-state index is 10.1. The first-order chi connectivity index (χ1) is 7.24. The minimum atomic E-state index is -0.603. The molecule has 1 aliphatic heterocycles. The van der Waals surface area contributed by atoms with E-state index < -0.39 is 4.92 Å². The lowest BCUT2D eigenvalue weighted by Crippen LogP contribution is -2.04. The number of benzene rings is 1. The Hall–Kier alpha value is -1.62. The summed E-state index contributed by atoms with van der Waals surface area (Å²) in [6.07, 6.45) is 0.210. The van der Waals surface area contributed by atoms with E-state index in [1.807, 2.05) is 0 Å². The third-order valence-corrected chi connectivity index (χ3v) is 1.91. The van der Waals surface area contributed by atoms with Gasteiger partial charge in [0.2, 0.25) is 0 Å². The molecule has 0 aliphatic carbocycles. The minimum Gasteiger partial charge on any atom is -0.491 e. The molecule has 2 rings (SSSR count). The standard InChI is InChI=1S/C10H9NO4/c12-11(13)5-8-1-3-9(4-2-8)14-6-10-7-15-10/h1-4,10H,6-7H2. The first-order valence-electron chi connectivity index (χ1n) is 4.49. The summed E-state index contributed by atoms with van der Waals surface area (Å²) in [6.45, 7) is 3.33. The van der Waals surface area contributed by atoms with E-state index in [1.54, 1.807) is 24.3 Å². The van der Waals surface area contributed by atoms with Gasteiger partial charge in [-0.15, -0.1) is 0 Å². The Morgan fingerprint density at radius 2 is 2.20 bits per heavy atom. The lowest BCUT2D eigenvalue weighted by atomic mass is 10.2. The van der Waals surface area contributed by atoms with Crippen LogP contribution >= 0.6 is 0 Å². The normalized spacial score (nSPS) is 18.5. The van der Waals surface area contributed by atoms with Crippen LogP contribution in [0, 0.1) is 16.7 Å². The van der Waals surface area contributed by atoms with E-state index in [0.717, 1.165) is 6.61 Å². The Morgan fingerprint density at radius 3 is 2.73 bits per heavy atom. The maximum atomic E-state index is 10.1. The van der Waals surface area contributed by atoms with Crippen molar-refractivity contribution < 1.29 is 14.4 Å². The summed E-state index contributed by atoms with van der Waals surface area (Å²) in [5.74, 6) is 0.680. The topological polar surface area (TPSA) is 64.9 Å². The van der Waals surface area contributed by atoms with Crippen molar-refractivity contribution in [3.05, 3.63) is 46.5 Å². The number of epoxide rings is 1. The molecule has 0 amide bonds. The fraction of sp³-hybridized carbons (Fsp3) is 0.300. The Bertz CT molecular complexity index is 345. The van der Waals surface area contributed by atoms with Crippen molar-refractivity contribution >= 4 is 0 Å². The van der Waals surface area contributed by atoms with E-state index in [0.29, 0.717) is 17.9 Å². The number of hydrogen-bond donors (Lipinski definition) is 0. The van der Waals surface area contributed by atoms with Crippen LogP contribution in [0.4, 0.5) is 0 Å². The summed E-state index contributed by atoms with van der Waals surface area (Å²) in [7, 11) is 0. The molecule has 1 saturated heterocycles. The highest BCUT2D eigenvalue weighted by Crippen LogP contribution is 2.16. The van der Waals surface area contributed by atoms with Crippen LogP contribution in [0.1, 0.15) is 5.56 Å². The summed E-state index contributed by atoms with van der Waals surface area (Å²) >= 11 is 0. The van der Waals surface area contributed by atoms with Crippen LogP contribution in [0.2, 0.25) is 0 Å². The molecular weight excluding hydrogens is 198 g/mol. The molecule has 5 heteroatoms. The second-order valence-corrected chi connectivity index (χ2v) is 3.16. The van der Waals surface area contributed by atoms with Crippen molar-refractivity contribution in [1.82, 2.24) is 0 Å². The number of nitrogens with zero attached hydrogens (tertiary/aromatic N) is 1. The van der Waals surface area contributed by atoms with Crippen LogP contribution in [0.15, 0.2) is 24.3 Å². The molecule has 1 aromatic carbocycles. The molecule has 1 heterocycles. The largest absolute Gasteiger partial charge is 0.491 e. The van der Waals surface area contributed by atoms with Gasteiger partial charge in [0.05, 0.1) is 6.61 Å². The highest BCUT2D eigenvalue weighted by molar-refractivity contribution is 5.29. The van der Waals surface area contributed by atoms with Crippen molar-refractivity contribution in [3.8, 4) is 5.75 Å². The molecule has 1 fully saturated rings. The highest BCUT2D eigenvalue weighted by Gasteiger charge is 2.22. The molecule has 1 aromatic rings. The zero-order valence-electron chi connectivity index (χ0n) is 7.88. The molecule has 0 N–H and O–H groups in total. The van der Waals surface area contributed by atoms with Crippen LogP contribution in [0.5, 0.6) is 5.75 Å². The first kappa shape index (κ1) is 9.92. The molecule has 1 aliphatic rings. The smallest absolute Gasteiger partial charge is 0.408 e. The zero-order chi connectivity index (χ0) is 10.7. The Labute approximate surface area is 86.8 Å². The van der Waals surface area contributed by atoms with Gasteiger partial charge in [0.15, 0.2) is 0 Å². The van der Waals surface area contributed by atoms with Crippen LogP contribution in [-0.2, 0) is 4.74 Å². The van der Waals surface area contributed by atoms with Gasteiger partial charge in [-0.25, -0.2) is 0 Å². The van der Waals surface area contributed by atoms with Gasteiger partial charge in [-0.1, -0.05) is 0 Å². The van der Waals surface area contributed by atoms with E-state index in [-0.39, 0.29) is 6.10 Å². The molecule has 15 heavy (non-hydrogen) atoms. The third kappa shape index (κ3) is 3.21. The number of rotatable bonds is 5. The minimum absolute atomic E-state index is 0.210. The Kier molecular flexibility index (Phi) is 2.82. The third-order valence-electron chi connectivity index (χ3n) is 1.91. The van der Waals surface area contributed by atoms with E-state index in [2.05, 4.69) is 6.54 Å². The summed E-state index contributed by atoms with van der Waals surface area (Å²) < 4.78 is 10.3. The molecule has 0 bridgehead atoms. The molecular formula is C10H9NO4. The van der Waals surface area contributed by atoms with Gasteiger partial charge in [0.1, 0.15) is 18.5 Å². The number of nitro groups is 1. The summed E-state index contributed by atoms with van der Waals surface area (Å²) in [4.78, 5) is 9.52. The van der Waals surface area contributed by atoms with Gasteiger partial charge in [0.25, 0.3) is 0 Å². The Balaban J connectivity index is 1.87. The van der Waals surface area contributed by atoms with Crippen molar-refractivity contribution in [2.45, 2.75) is 6.10 Å². The molecule has 0 aromatic heterocycles. The van der Waals surface area contributed by atoms with Gasteiger partial charge in [-0.2, -0.15) is 0 Å². The SMILES string of the molecule is O=[N+]([O-])[C]c1ccc(OCC2CO2)cc1. The summed E-state index contributed by atoms with van der Waals surface area (Å²) in [5, 5.41) is 10.1. The lowest BCUT2D eigenvalue weighted by Gasteiger charge is -2.03.